The van der Waals surface area contributed by atoms with Gasteiger partial charge in [0.2, 0.25) is 15.9 Å². The van der Waals surface area contributed by atoms with Crippen LogP contribution in [0.5, 0.6) is 0 Å². The molecule has 7 heteroatoms. The molecule has 0 fully saturated rings. The Morgan fingerprint density at radius 3 is 2.40 bits per heavy atom. The van der Waals surface area contributed by atoms with Gasteiger partial charge in [-0.05, 0) is 13.3 Å². The van der Waals surface area contributed by atoms with E-state index in [2.05, 4.69) is 10.0 Å². The lowest BCUT2D eigenvalue weighted by molar-refractivity contribution is -0.121. The van der Waals surface area contributed by atoms with Gasteiger partial charge >= 0.3 is 0 Å². The van der Waals surface area contributed by atoms with Gasteiger partial charge in [-0.3, -0.25) is 4.79 Å². The van der Waals surface area contributed by atoms with E-state index in [9.17, 15) is 13.2 Å². The number of nitrogens with zero attached hydrogens (tertiary/aromatic N) is 1. The molecule has 2 unspecified atom stereocenters. The number of hydrogen-bond acceptors (Lipinski definition) is 4. The molecule has 0 radical (unpaired) electrons. The van der Waals surface area contributed by atoms with E-state index >= 15 is 0 Å². The molecule has 86 valence electrons. The molecule has 0 spiro atoms. The predicted octanol–water partition coefficient (Wildman–Crippen LogP) is -0.658. The first kappa shape index (κ1) is 13.9. The van der Waals surface area contributed by atoms with Crippen molar-refractivity contribution in [2.45, 2.75) is 31.6 Å². The maximum Gasteiger partial charge on any atom is 0.237 e. The first-order valence-corrected chi connectivity index (χ1v) is 6.06. The molecule has 0 aromatic heterocycles. The molecule has 0 saturated heterocycles. The fourth-order valence-corrected chi connectivity index (χ4v) is 2.32. The van der Waals surface area contributed by atoms with Crippen LogP contribution in [0.3, 0.4) is 0 Å². The summed E-state index contributed by atoms with van der Waals surface area (Å²) in [7, 11) is -2.34. The van der Waals surface area contributed by atoms with E-state index in [1.54, 1.807) is 13.0 Å². The Hall–Kier alpha value is -1.13. The molecule has 0 aromatic carbocycles. The quantitative estimate of drug-likeness (QED) is 0.658. The normalized spacial score (nSPS) is 15.1. The first-order valence-electron chi connectivity index (χ1n) is 4.51. The van der Waals surface area contributed by atoms with Gasteiger partial charge in [-0.25, -0.2) is 13.1 Å². The molecule has 2 atom stereocenters. The van der Waals surface area contributed by atoms with Gasteiger partial charge in [0.25, 0.3) is 0 Å². The molecule has 0 aromatic rings. The van der Waals surface area contributed by atoms with E-state index in [4.69, 9.17) is 5.26 Å². The van der Waals surface area contributed by atoms with Crippen molar-refractivity contribution >= 4 is 15.9 Å². The number of amides is 1. The van der Waals surface area contributed by atoms with E-state index in [1.807, 2.05) is 0 Å². The summed E-state index contributed by atoms with van der Waals surface area (Å²) in [5, 5.41) is 9.79. The molecule has 6 nitrogen and oxygen atoms in total. The topological polar surface area (TPSA) is 99.1 Å². The Labute approximate surface area is 89.7 Å². The average Bonchev–Trinajstić information content (AvgIpc) is 2.17. The van der Waals surface area contributed by atoms with Crippen LogP contribution in [0.2, 0.25) is 0 Å². The second-order valence-corrected chi connectivity index (χ2v) is 4.92. The molecule has 15 heavy (non-hydrogen) atoms. The molecule has 1 amide bonds. The van der Waals surface area contributed by atoms with Crippen molar-refractivity contribution in [2.75, 3.05) is 7.05 Å². The summed E-state index contributed by atoms with van der Waals surface area (Å²) in [5.41, 5.74) is 0. The lowest BCUT2D eigenvalue weighted by atomic mass is 10.3. The van der Waals surface area contributed by atoms with Crippen LogP contribution in [0.4, 0.5) is 0 Å². The zero-order valence-corrected chi connectivity index (χ0v) is 9.76. The minimum atomic E-state index is -3.75. The van der Waals surface area contributed by atoms with E-state index in [1.165, 1.54) is 14.0 Å². The molecule has 0 bridgehead atoms. The van der Waals surface area contributed by atoms with Gasteiger partial charge in [-0.1, -0.05) is 6.92 Å². The molecule has 2 N–H and O–H groups in total. The van der Waals surface area contributed by atoms with Crippen molar-refractivity contribution in [2.24, 2.45) is 0 Å². The third-order valence-electron chi connectivity index (χ3n) is 1.87. The number of carbonyl (C=O) groups excluding carboxylic acids is 1. The highest BCUT2D eigenvalue weighted by Crippen LogP contribution is 2.03. The third-order valence-corrected chi connectivity index (χ3v) is 3.74. The number of rotatable bonds is 5. The SMILES string of the molecule is CCC(C#N)S(=O)(=O)NC(C)C(=O)NC. The number of likely N-dealkylation sites (N-methyl/N-ethyl adjacent to an activating group) is 1. The average molecular weight is 233 g/mol. The fourth-order valence-electron chi connectivity index (χ4n) is 0.979. The molecular formula is C8H15N3O3S. The van der Waals surface area contributed by atoms with Crippen LogP contribution >= 0.6 is 0 Å². The van der Waals surface area contributed by atoms with Crippen molar-refractivity contribution in [1.82, 2.24) is 10.0 Å². The number of hydrogen-bond donors (Lipinski definition) is 2. The summed E-state index contributed by atoms with van der Waals surface area (Å²) in [4.78, 5) is 11.1. The van der Waals surface area contributed by atoms with Crippen molar-refractivity contribution in [3.63, 3.8) is 0 Å². The van der Waals surface area contributed by atoms with Crippen molar-refractivity contribution in [1.29, 1.82) is 5.26 Å². The van der Waals surface area contributed by atoms with E-state index in [0.717, 1.165) is 0 Å². The highest BCUT2D eigenvalue weighted by molar-refractivity contribution is 7.90. The van der Waals surface area contributed by atoms with E-state index in [-0.39, 0.29) is 6.42 Å². The summed E-state index contributed by atoms with van der Waals surface area (Å²) in [5.74, 6) is -0.439. The Morgan fingerprint density at radius 1 is 1.53 bits per heavy atom. The van der Waals surface area contributed by atoms with Gasteiger partial charge in [-0.15, -0.1) is 0 Å². The minimum absolute atomic E-state index is 0.187. The summed E-state index contributed by atoms with van der Waals surface area (Å²) >= 11 is 0. The van der Waals surface area contributed by atoms with Gasteiger partial charge in [0, 0.05) is 7.05 Å². The molecule has 0 aliphatic heterocycles. The molecule has 0 aliphatic carbocycles. The smallest absolute Gasteiger partial charge is 0.237 e. The summed E-state index contributed by atoms with van der Waals surface area (Å²) in [6.07, 6.45) is 0.187. The molecule has 0 heterocycles. The fraction of sp³-hybridized carbons (Fsp3) is 0.750. The van der Waals surface area contributed by atoms with Crippen LogP contribution in [0.25, 0.3) is 0 Å². The highest BCUT2D eigenvalue weighted by atomic mass is 32.2. The van der Waals surface area contributed by atoms with Crippen LogP contribution in [0.15, 0.2) is 0 Å². The van der Waals surface area contributed by atoms with Crippen molar-refractivity contribution in [3.8, 4) is 6.07 Å². The maximum absolute atomic E-state index is 11.5. The number of carbonyl (C=O) groups is 1. The standard InChI is InChI=1S/C8H15N3O3S/c1-4-7(5-9)15(13,14)11-6(2)8(12)10-3/h6-7,11H,4H2,1-3H3,(H,10,12). The maximum atomic E-state index is 11.5. The van der Waals surface area contributed by atoms with Crippen LogP contribution in [0.1, 0.15) is 20.3 Å². The number of nitrogens with one attached hydrogen (secondary N) is 2. The Morgan fingerprint density at radius 2 is 2.07 bits per heavy atom. The number of nitriles is 1. The van der Waals surface area contributed by atoms with Crippen molar-refractivity contribution in [3.05, 3.63) is 0 Å². The first-order chi connectivity index (χ1) is 6.88. The van der Waals surface area contributed by atoms with Gasteiger partial charge in [0.15, 0.2) is 5.25 Å². The molecule has 0 aliphatic rings. The van der Waals surface area contributed by atoms with Gasteiger partial charge in [0.05, 0.1) is 12.1 Å². The molecular weight excluding hydrogens is 218 g/mol. The van der Waals surface area contributed by atoms with Crippen molar-refractivity contribution < 1.29 is 13.2 Å². The third kappa shape index (κ3) is 3.85. The van der Waals surface area contributed by atoms with Gasteiger partial charge in [0.1, 0.15) is 0 Å². The lowest BCUT2D eigenvalue weighted by Crippen LogP contribution is -2.46. The Balaban J connectivity index is 4.66. The van der Waals surface area contributed by atoms with Gasteiger partial charge in [-0.2, -0.15) is 5.26 Å². The molecule has 0 rings (SSSR count). The minimum Gasteiger partial charge on any atom is -0.358 e. The monoisotopic (exact) mass is 233 g/mol. The second-order valence-electron chi connectivity index (χ2n) is 3.02. The van der Waals surface area contributed by atoms with Crippen LogP contribution in [0, 0.1) is 11.3 Å². The number of sulfonamides is 1. The zero-order chi connectivity index (χ0) is 12.1. The van der Waals surface area contributed by atoms with Crippen LogP contribution in [-0.4, -0.2) is 32.7 Å². The second kappa shape index (κ2) is 5.68. The predicted molar refractivity (Wildman–Crippen MR) is 55.3 cm³/mol. The summed E-state index contributed by atoms with van der Waals surface area (Å²) in [6.45, 7) is 3.01. The van der Waals surface area contributed by atoms with E-state index in [0.29, 0.717) is 0 Å². The largest absolute Gasteiger partial charge is 0.358 e. The highest BCUT2D eigenvalue weighted by Gasteiger charge is 2.27. The lowest BCUT2D eigenvalue weighted by Gasteiger charge is -2.14. The van der Waals surface area contributed by atoms with Gasteiger partial charge < -0.3 is 5.32 Å². The van der Waals surface area contributed by atoms with Crippen LogP contribution < -0.4 is 10.0 Å². The summed E-state index contributed by atoms with van der Waals surface area (Å²) in [6, 6.07) is 0.799. The van der Waals surface area contributed by atoms with Crippen LogP contribution in [-0.2, 0) is 14.8 Å². The zero-order valence-electron chi connectivity index (χ0n) is 8.94. The molecule has 0 saturated carbocycles. The summed E-state index contributed by atoms with van der Waals surface area (Å²) < 4.78 is 25.2. The Bertz CT molecular complexity index is 358. The Kier molecular flexibility index (Phi) is 5.25. The van der Waals surface area contributed by atoms with E-state index < -0.39 is 27.2 Å².